The summed E-state index contributed by atoms with van der Waals surface area (Å²) in [7, 11) is -3.30. The second kappa shape index (κ2) is 20.9. The number of amides is 1. The second-order valence-corrected chi connectivity index (χ2v) is 11.9. The first-order chi connectivity index (χ1) is 18.8. The van der Waals surface area contributed by atoms with Crippen LogP contribution in [0.3, 0.4) is 0 Å². The van der Waals surface area contributed by atoms with E-state index in [1.54, 1.807) is 28.6 Å². The molecule has 0 spiro atoms. The fourth-order valence-corrected chi connectivity index (χ4v) is 5.37. The van der Waals surface area contributed by atoms with Crippen molar-refractivity contribution in [2.75, 3.05) is 13.1 Å². The number of hydrogen-bond donors (Lipinski definition) is 0. The highest BCUT2D eigenvalue weighted by atomic mass is 35.5. The lowest BCUT2D eigenvalue weighted by atomic mass is 10.1. The van der Waals surface area contributed by atoms with Gasteiger partial charge in [0.05, 0.1) is 4.90 Å². The lowest BCUT2D eigenvalue weighted by Crippen LogP contribution is -2.35. The van der Waals surface area contributed by atoms with Crippen LogP contribution in [0.2, 0.25) is 5.02 Å². The Morgan fingerprint density at radius 1 is 0.949 bits per heavy atom. The molecule has 3 saturated carbocycles. The zero-order valence-electron chi connectivity index (χ0n) is 24.9. The number of sulfonamides is 1. The number of carbonyl (C=O) groups excluding carboxylic acids is 1. The van der Waals surface area contributed by atoms with Gasteiger partial charge in [-0.05, 0) is 80.2 Å². The van der Waals surface area contributed by atoms with Gasteiger partial charge in [-0.2, -0.15) is 4.31 Å². The highest BCUT2D eigenvalue weighted by molar-refractivity contribution is 7.89. The third kappa shape index (κ3) is 14.9. The summed E-state index contributed by atoms with van der Waals surface area (Å²) >= 11 is 5.74. The molecule has 1 amide bonds. The Morgan fingerprint density at radius 2 is 1.44 bits per heavy atom. The fourth-order valence-electron chi connectivity index (χ4n) is 3.73. The van der Waals surface area contributed by atoms with Crippen LogP contribution in [0.5, 0.6) is 0 Å². The van der Waals surface area contributed by atoms with Crippen LogP contribution in [0.4, 0.5) is 0 Å². The molecule has 0 N–H and O–H groups in total. The maximum Gasteiger partial charge on any atom is 0.246 e. The third-order valence-electron chi connectivity index (χ3n) is 6.32. The van der Waals surface area contributed by atoms with Gasteiger partial charge in [0.2, 0.25) is 15.9 Å². The summed E-state index contributed by atoms with van der Waals surface area (Å²) in [5.41, 5.74) is 2.04. The van der Waals surface area contributed by atoms with E-state index >= 15 is 0 Å². The Labute approximate surface area is 244 Å². The number of rotatable bonds is 4. The molecule has 5 rings (SSSR count). The molecule has 0 aromatic heterocycles. The molecule has 3 aliphatic carbocycles. The Kier molecular flexibility index (Phi) is 19.9. The van der Waals surface area contributed by atoms with Crippen molar-refractivity contribution in [2.45, 2.75) is 110 Å². The first-order valence-electron chi connectivity index (χ1n) is 14.7. The topological polar surface area (TPSA) is 66.8 Å². The highest BCUT2D eigenvalue weighted by Gasteiger charge is 2.27. The Balaban J connectivity index is 0.000000571. The minimum atomic E-state index is -3.30. The van der Waals surface area contributed by atoms with Gasteiger partial charge >= 0.3 is 0 Å². The molecule has 220 valence electrons. The molecule has 1 heterocycles. The van der Waals surface area contributed by atoms with Crippen LogP contribution in [0, 0.1) is 24.7 Å². The average molecular weight is 579 g/mol. The van der Waals surface area contributed by atoms with Gasteiger partial charge in [-0.25, -0.2) is 13.4 Å². The van der Waals surface area contributed by atoms with E-state index in [1.807, 2.05) is 27.7 Å². The summed E-state index contributed by atoms with van der Waals surface area (Å²) in [6.07, 6.45) is 20.7. The van der Waals surface area contributed by atoms with Gasteiger partial charge in [0.25, 0.3) is 0 Å². The summed E-state index contributed by atoms with van der Waals surface area (Å²) in [4.78, 5) is 16.0. The number of carbonyl (C=O) groups is 1. The van der Waals surface area contributed by atoms with Crippen LogP contribution in [0.1, 0.15) is 105 Å². The molecule has 1 aromatic rings. The van der Waals surface area contributed by atoms with Gasteiger partial charge in [-0.15, -0.1) is 12.8 Å². The molecule has 5 nitrogen and oxygen atoms in total. The van der Waals surface area contributed by atoms with E-state index in [9.17, 15) is 13.2 Å². The second-order valence-electron chi connectivity index (χ2n) is 9.54. The van der Waals surface area contributed by atoms with Gasteiger partial charge < -0.3 is 0 Å². The summed E-state index contributed by atoms with van der Waals surface area (Å²) in [6.45, 7) is 15.4. The number of benzene rings is 1. The van der Waals surface area contributed by atoms with Crippen molar-refractivity contribution >= 4 is 33.2 Å². The third-order valence-corrected chi connectivity index (χ3v) is 8.48. The Morgan fingerprint density at radius 3 is 1.85 bits per heavy atom. The zero-order valence-corrected chi connectivity index (χ0v) is 26.5. The minimum Gasteiger partial charge on any atom is -0.273 e. The van der Waals surface area contributed by atoms with Crippen molar-refractivity contribution in [3.05, 3.63) is 41.4 Å². The monoisotopic (exact) mass is 578 g/mol. The molecule has 1 atom stereocenters. The lowest BCUT2D eigenvalue weighted by molar-refractivity contribution is -0.118. The van der Waals surface area contributed by atoms with Crippen molar-refractivity contribution in [3.63, 3.8) is 0 Å². The summed E-state index contributed by atoms with van der Waals surface area (Å²) in [5, 5.41) is 0.553. The molecule has 1 aliphatic heterocycles. The van der Waals surface area contributed by atoms with E-state index in [0.717, 1.165) is 43.4 Å². The smallest absolute Gasteiger partial charge is 0.246 e. The molecule has 1 unspecified atom stereocenters. The average Bonchev–Trinajstić information content (AvgIpc) is 3.91. The quantitative estimate of drug-likeness (QED) is 0.335. The predicted octanol–water partition coefficient (Wildman–Crippen LogP) is 8.73. The predicted molar refractivity (Wildman–Crippen MR) is 168 cm³/mol. The number of nitrogens with zero attached hydrogens (tertiary/aromatic N) is 2. The van der Waals surface area contributed by atoms with Crippen LogP contribution in [-0.2, 0) is 14.8 Å². The Bertz CT molecular complexity index is 985. The molecule has 0 bridgehead atoms. The number of aliphatic imine (C=N–C) groups is 1. The summed E-state index contributed by atoms with van der Waals surface area (Å²) in [5.74, 6) is 1.22. The first-order valence-corrected chi connectivity index (χ1v) is 16.5. The van der Waals surface area contributed by atoms with Crippen molar-refractivity contribution in [2.24, 2.45) is 16.8 Å². The largest absolute Gasteiger partial charge is 0.273 e. The van der Waals surface area contributed by atoms with Crippen LogP contribution < -0.4 is 0 Å². The van der Waals surface area contributed by atoms with Gasteiger partial charge in [0.15, 0.2) is 0 Å². The van der Waals surface area contributed by atoms with Crippen LogP contribution in [0.15, 0.2) is 46.3 Å². The maximum absolute atomic E-state index is 12.2. The fraction of sp³-hybridized carbons (Fsp3) is 0.625. The van der Waals surface area contributed by atoms with Crippen molar-refractivity contribution < 1.29 is 13.2 Å². The summed E-state index contributed by atoms with van der Waals surface area (Å²) in [6, 6.07) is 6.34. The van der Waals surface area contributed by atoms with Crippen LogP contribution >= 0.6 is 11.6 Å². The van der Waals surface area contributed by atoms with Gasteiger partial charge in [-0.1, -0.05) is 78.5 Å². The van der Waals surface area contributed by atoms with Gasteiger partial charge in [0, 0.05) is 30.2 Å². The van der Waals surface area contributed by atoms with Crippen molar-refractivity contribution in [1.82, 2.24) is 4.31 Å². The number of allylic oxidation sites excluding steroid dienone is 1. The van der Waals surface area contributed by atoms with Crippen molar-refractivity contribution in [1.29, 1.82) is 0 Å². The van der Waals surface area contributed by atoms with Crippen molar-refractivity contribution in [3.8, 4) is 12.8 Å². The molecular weight excluding hydrogens is 528 g/mol. The normalized spacial score (nSPS) is 20.6. The number of piperidine rings is 1. The minimum absolute atomic E-state index is 0.0674. The first kappa shape index (κ1) is 37.1. The maximum atomic E-state index is 12.2. The number of halogens is 1. The zero-order chi connectivity index (χ0) is 29.8. The van der Waals surface area contributed by atoms with E-state index in [1.165, 1.54) is 32.1 Å². The molecule has 4 fully saturated rings. The number of terminal acetylenes is 1. The standard InChI is InChI=1S/C12H17NO.C11H14ClNO2S.C3H6.2C2H6.C2H2/c1-8-3-6-11(9(8)2)13-12(14)7-10-4-5-10;12-10-4-6-11(7-5-10)16(14,15)13-8-2-1-3-9-13;1-2-3-1;3*1-2/h8,10H,2-7H2,1H3;4-7H,1-3,8-9H2;1-3H2;2*1-2H3;1-2H. The van der Waals surface area contributed by atoms with E-state index in [4.69, 9.17) is 11.6 Å². The SMILES string of the molecule is C#C.C1CC1.C=C1C(=NC(=O)CC2CC2)CCC1C.CC.CC.O=S(=O)(c1ccc(Cl)cc1)N1CCCCC1. The molecular formula is C32H51ClN2O3S. The van der Waals surface area contributed by atoms with Crippen LogP contribution in [0.25, 0.3) is 0 Å². The summed E-state index contributed by atoms with van der Waals surface area (Å²) < 4.78 is 25.9. The molecule has 4 aliphatic rings. The molecule has 1 aromatic carbocycles. The van der Waals surface area contributed by atoms with Gasteiger partial charge in [-0.3, -0.25) is 4.79 Å². The van der Waals surface area contributed by atoms with E-state index in [0.29, 0.717) is 41.3 Å². The van der Waals surface area contributed by atoms with Gasteiger partial charge in [0.1, 0.15) is 0 Å². The van der Waals surface area contributed by atoms with E-state index < -0.39 is 10.0 Å². The molecule has 39 heavy (non-hydrogen) atoms. The molecule has 1 saturated heterocycles. The van der Waals surface area contributed by atoms with E-state index in [2.05, 4.69) is 31.3 Å². The Hall–Kier alpha value is -1.94. The number of hydrogen-bond acceptors (Lipinski definition) is 3. The lowest BCUT2D eigenvalue weighted by Gasteiger charge is -2.25. The highest BCUT2D eigenvalue weighted by Crippen LogP contribution is 2.33. The molecule has 7 heteroatoms. The molecule has 0 radical (unpaired) electrons. The van der Waals surface area contributed by atoms with Crippen LogP contribution in [-0.4, -0.2) is 37.4 Å². The van der Waals surface area contributed by atoms with E-state index in [-0.39, 0.29) is 5.91 Å².